The molecule has 0 aromatic heterocycles. The molecule has 1 atom stereocenters. The van der Waals surface area contributed by atoms with Crippen molar-refractivity contribution in [3.05, 3.63) is 23.5 Å². The van der Waals surface area contributed by atoms with Crippen molar-refractivity contribution < 1.29 is 10.2 Å². The van der Waals surface area contributed by atoms with E-state index in [0.29, 0.717) is 6.42 Å². The third kappa shape index (κ3) is 3.64. The molecule has 0 aromatic carbocycles. The Labute approximate surface area is 79.6 Å². The highest BCUT2D eigenvalue weighted by Gasteiger charge is 2.11. The van der Waals surface area contributed by atoms with Crippen LogP contribution in [0, 0.1) is 0 Å². The number of aliphatic hydroxyl groups excluding tert-OH is 2. The number of aliphatic hydroxyl groups is 2. The van der Waals surface area contributed by atoms with Crippen molar-refractivity contribution in [3.8, 4) is 0 Å². The Balaban J connectivity index is 2.37. The fourth-order valence-corrected chi connectivity index (χ4v) is 1.62. The van der Waals surface area contributed by atoms with Crippen LogP contribution >= 0.6 is 0 Å². The molecule has 2 N–H and O–H groups in total. The molecule has 1 unspecified atom stereocenters. The summed E-state index contributed by atoms with van der Waals surface area (Å²) < 4.78 is 0. The highest BCUT2D eigenvalue weighted by atomic mass is 16.3. The van der Waals surface area contributed by atoms with Crippen molar-refractivity contribution in [2.75, 3.05) is 0 Å². The second-order valence-electron chi connectivity index (χ2n) is 3.62. The van der Waals surface area contributed by atoms with Gasteiger partial charge in [-0.1, -0.05) is 25.3 Å². The predicted octanol–water partition coefficient (Wildman–Crippen LogP) is 2.70. The van der Waals surface area contributed by atoms with E-state index in [-0.39, 0.29) is 5.76 Å². The first-order valence-electron chi connectivity index (χ1n) is 5.00. The van der Waals surface area contributed by atoms with Crippen LogP contribution in [-0.2, 0) is 0 Å². The van der Waals surface area contributed by atoms with Gasteiger partial charge in [0.05, 0.1) is 6.10 Å². The van der Waals surface area contributed by atoms with E-state index < -0.39 is 6.10 Å². The normalized spacial score (nSPS) is 22.5. The Morgan fingerprint density at radius 3 is 2.85 bits per heavy atom. The first-order valence-corrected chi connectivity index (χ1v) is 5.00. The molecule has 0 saturated carbocycles. The number of rotatable bonds is 4. The van der Waals surface area contributed by atoms with E-state index in [0.717, 1.165) is 12.8 Å². The highest BCUT2D eigenvalue weighted by Crippen LogP contribution is 2.21. The molecule has 0 bridgehead atoms. The first kappa shape index (κ1) is 10.3. The molecule has 0 spiro atoms. The smallest absolute Gasteiger partial charge is 0.114 e. The fourth-order valence-electron chi connectivity index (χ4n) is 1.62. The molecule has 74 valence electrons. The predicted molar refractivity (Wildman–Crippen MR) is 53.6 cm³/mol. The zero-order valence-corrected chi connectivity index (χ0v) is 8.16. The highest BCUT2D eigenvalue weighted by molar-refractivity contribution is 5.24. The topological polar surface area (TPSA) is 40.5 Å². The molecule has 0 saturated heterocycles. The van der Waals surface area contributed by atoms with Crippen LogP contribution in [-0.4, -0.2) is 16.3 Å². The summed E-state index contributed by atoms with van der Waals surface area (Å²) in [6, 6.07) is 0. The Morgan fingerprint density at radius 1 is 1.46 bits per heavy atom. The molecule has 0 aliphatic heterocycles. The van der Waals surface area contributed by atoms with Crippen LogP contribution < -0.4 is 0 Å². The molecule has 0 amide bonds. The average molecular weight is 182 g/mol. The van der Waals surface area contributed by atoms with Gasteiger partial charge in [-0.3, -0.25) is 0 Å². The summed E-state index contributed by atoms with van der Waals surface area (Å²) in [5, 5.41) is 18.6. The largest absolute Gasteiger partial charge is 0.508 e. The van der Waals surface area contributed by atoms with Gasteiger partial charge in [0.2, 0.25) is 0 Å². The molecule has 0 radical (unpaired) electrons. The standard InChI is InChI=1S/C11H18O2/c1-2-3-4-5-9-6-10(12)8-11(13)7-9/h6,8,11-13H,2-5,7H2,1H3. The maximum Gasteiger partial charge on any atom is 0.114 e. The molecule has 1 aliphatic carbocycles. The SMILES string of the molecule is CCCCCC1=CC(O)=CC(O)C1. The third-order valence-electron chi connectivity index (χ3n) is 2.29. The Morgan fingerprint density at radius 2 is 2.23 bits per heavy atom. The van der Waals surface area contributed by atoms with Crippen LogP contribution in [0.5, 0.6) is 0 Å². The molecule has 0 fully saturated rings. The number of allylic oxidation sites excluding steroid dienone is 1. The molecule has 0 aromatic rings. The zero-order valence-electron chi connectivity index (χ0n) is 8.16. The summed E-state index contributed by atoms with van der Waals surface area (Å²) in [5.41, 5.74) is 1.17. The van der Waals surface area contributed by atoms with Gasteiger partial charge in [0.1, 0.15) is 5.76 Å². The van der Waals surface area contributed by atoms with Crippen LogP contribution in [0.3, 0.4) is 0 Å². The van der Waals surface area contributed by atoms with Crippen LogP contribution in [0.2, 0.25) is 0 Å². The fraction of sp³-hybridized carbons (Fsp3) is 0.636. The molecule has 2 heteroatoms. The van der Waals surface area contributed by atoms with Gasteiger partial charge in [0, 0.05) is 0 Å². The summed E-state index contributed by atoms with van der Waals surface area (Å²) in [4.78, 5) is 0. The summed E-state index contributed by atoms with van der Waals surface area (Å²) in [6.07, 6.45) is 8.06. The third-order valence-corrected chi connectivity index (χ3v) is 2.29. The van der Waals surface area contributed by atoms with E-state index in [2.05, 4.69) is 6.92 Å². The Hall–Kier alpha value is -0.760. The van der Waals surface area contributed by atoms with Crippen molar-refractivity contribution in [1.29, 1.82) is 0 Å². The number of hydrogen-bond acceptors (Lipinski definition) is 2. The number of unbranched alkanes of at least 4 members (excludes halogenated alkanes) is 2. The molecule has 2 nitrogen and oxygen atoms in total. The molecular formula is C11H18O2. The Kier molecular flexibility index (Phi) is 4.03. The van der Waals surface area contributed by atoms with Gasteiger partial charge in [-0.25, -0.2) is 0 Å². The average Bonchev–Trinajstić information content (AvgIpc) is 2.03. The van der Waals surface area contributed by atoms with Gasteiger partial charge in [0.15, 0.2) is 0 Å². The van der Waals surface area contributed by atoms with Gasteiger partial charge in [-0.2, -0.15) is 0 Å². The quantitative estimate of drug-likeness (QED) is 0.656. The van der Waals surface area contributed by atoms with Gasteiger partial charge in [0.25, 0.3) is 0 Å². The van der Waals surface area contributed by atoms with Crippen LogP contribution in [0.4, 0.5) is 0 Å². The van der Waals surface area contributed by atoms with Crippen LogP contribution in [0.15, 0.2) is 23.5 Å². The lowest BCUT2D eigenvalue weighted by molar-refractivity contribution is 0.213. The number of hydrogen-bond donors (Lipinski definition) is 2. The molecule has 1 rings (SSSR count). The van der Waals surface area contributed by atoms with Gasteiger partial charge in [-0.05, 0) is 31.4 Å². The van der Waals surface area contributed by atoms with Gasteiger partial charge in [-0.15, -0.1) is 0 Å². The lowest BCUT2D eigenvalue weighted by atomic mass is 9.97. The zero-order chi connectivity index (χ0) is 9.68. The molecule has 13 heavy (non-hydrogen) atoms. The summed E-state index contributed by atoms with van der Waals surface area (Å²) >= 11 is 0. The first-order chi connectivity index (χ1) is 6.22. The van der Waals surface area contributed by atoms with Gasteiger partial charge >= 0.3 is 0 Å². The van der Waals surface area contributed by atoms with Crippen molar-refractivity contribution in [3.63, 3.8) is 0 Å². The van der Waals surface area contributed by atoms with Crippen LogP contribution in [0.1, 0.15) is 39.0 Å². The lowest BCUT2D eigenvalue weighted by Gasteiger charge is -2.15. The second kappa shape index (κ2) is 5.07. The Bertz CT molecular complexity index is 216. The van der Waals surface area contributed by atoms with Gasteiger partial charge < -0.3 is 10.2 Å². The minimum atomic E-state index is -0.485. The lowest BCUT2D eigenvalue weighted by Crippen LogP contribution is -2.09. The van der Waals surface area contributed by atoms with E-state index in [1.807, 2.05) is 0 Å². The van der Waals surface area contributed by atoms with E-state index >= 15 is 0 Å². The van der Waals surface area contributed by atoms with Crippen molar-refractivity contribution >= 4 is 0 Å². The van der Waals surface area contributed by atoms with Crippen molar-refractivity contribution in [2.45, 2.75) is 45.1 Å². The maximum atomic E-state index is 9.33. The van der Waals surface area contributed by atoms with E-state index in [9.17, 15) is 10.2 Å². The van der Waals surface area contributed by atoms with Crippen molar-refractivity contribution in [1.82, 2.24) is 0 Å². The summed E-state index contributed by atoms with van der Waals surface area (Å²) in [6.45, 7) is 2.17. The molecule has 0 heterocycles. The van der Waals surface area contributed by atoms with E-state index in [1.54, 1.807) is 6.08 Å². The summed E-state index contributed by atoms with van der Waals surface area (Å²) in [7, 11) is 0. The van der Waals surface area contributed by atoms with E-state index in [4.69, 9.17) is 0 Å². The second-order valence-corrected chi connectivity index (χ2v) is 3.62. The minimum absolute atomic E-state index is 0.213. The monoisotopic (exact) mass is 182 g/mol. The summed E-state index contributed by atoms with van der Waals surface area (Å²) in [5.74, 6) is 0.213. The van der Waals surface area contributed by atoms with Crippen LogP contribution in [0.25, 0.3) is 0 Å². The van der Waals surface area contributed by atoms with E-state index in [1.165, 1.54) is 24.5 Å². The van der Waals surface area contributed by atoms with Crippen molar-refractivity contribution in [2.24, 2.45) is 0 Å². The maximum absolute atomic E-state index is 9.33. The molecular weight excluding hydrogens is 164 g/mol. The minimum Gasteiger partial charge on any atom is -0.508 e. The molecule has 1 aliphatic rings.